The first kappa shape index (κ1) is 12.5. The van der Waals surface area contributed by atoms with Crippen LogP contribution < -0.4 is 16.0 Å². The smallest absolute Gasteiger partial charge is 0.252 e. The standard InChI is InChI=1S/C13H13ClN2O2/c1-16-12(15)5-8(6-13(16)17)10-7-9(14)3-4-11(10)18-2/h3-7H,15H2,1-2H3. The maximum atomic E-state index is 11.7. The average molecular weight is 265 g/mol. The number of rotatable bonds is 2. The van der Waals surface area contributed by atoms with E-state index in [0.29, 0.717) is 22.2 Å². The molecule has 1 aromatic heterocycles. The van der Waals surface area contributed by atoms with Gasteiger partial charge in [0.1, 0.15) is 11.6 Å². The van der Waals surface area contributed by atoms with Crippen molar-refractivity contribution >= 4 is 17.4 Å². The molecule has 0 aliphatic heterocycles. The third-order valence-corrected chi connectivity index (χ3v) is 3.01. The molecule has 2 N–H and O–H groups in total. The van der Waals surface area contributed by atoms with Crippen LogP contribution in [0.5, 0.6) is 5.75 Å². The van der Waals surface area contributed by atoms with Crippen molar-refractivity contribution in [3.8, 4) is 16.9 Å². The largest absolute Gasteiger partial charge is 0.496 e. The number of hydrogen-bond donors (Lipinski definition) is 1. The monoisotopic (exact) mass is 264 g/mol. The van der Waals surface area contributed by atoms with E-state index in [1.54, 1.807) is 38.4 Å². The van der Waals surface area contributed by atoms with Crippen LogP contribution in [0.2, 0.25) is 5.02 Å². The Bertz CT molecular complexity index is 650. The van der Waals surface area contributed by atoms with E-state index in [1.807, 2.05) is 0 Å². The van der Waals surface area contributed by atoms with Gasteiger partial charge in [-0.3, -0.25) is 9.36 Å². The molecule has 4 nitrogen and oxygen atoms in total. The average Bonchev–Trinajstić information content (AvgIpc) is 2.35. The number of anilines is 1. The predicted molar refractivity (Wildman–Crippen MR) is 73.1 cm³/mol. The number of pyridine rings is 1. The van der Waals surface area contributed by atoms with Gasteiger partial charge in [0.05, 0.1) is 7.11 Å². The number of halogens is 1. The molecule has 0 radical (unpaired) electrons. The van der Waals surface area contributed by atoms with Crippen molar-refractivity contribution in [3.05, 3.63) is 45.7 Å². The molecule has 0 fully saturated rings. The Hall–Kier alpha value is -1.94. The van der Waals surface area contributed by atoms with Gasteiger partial charge in [0.15, 0.2) is 0 Å². The molecule has 0 aliphatic rings. The lowest BCUT2D eigenvalue weighted by atomic mass is 10.1. The van der Waals surface area contributed by atoms with Crippen LogP contribution in [-0.4, -0.2) is 11.7 Å². The Kier molecular flexibility index (Phi) is 3.30. The van der Waals surface area contributed by atoms with E-state index in [1.165, 1.54) is 10.6 Å². The lowest BCUT2D eigenvalue weighted by Crippen LogP contribution is -2.18. The molecule has 5 heteroatoms. The molecule has 2 rings (SSSR count). The van der Waals surface area contributed by atoms with Crippen molar-refractivity contribution < 1.29 is 4.74 Å². The van der Waals surface area contributed by atoms with E-state index < -0.39 is 0 Å². The van der Waals surface area contributed by atoms with Gasteiger partial charge < -0.3 is 10.5 Å². The van der Waals surface area contributed by atoms with Crippen LogP contribution in [0.25, 0.3) is 11.1 Å². The summed E-state index contributed by atoms with van der Waals surface area (Å²) in [6.07, 6.45) is 0. The Morgan fingerprint density at radius 2 is 2.00 bits per heavy atom. The van der Waals surface area contributed by atoms with Gasteiger partial charge >= 0.3 is 0 Å². The molecule has 0 amide bonds. The zero-order valence-corrected chi connectivity index (χ0v) is 10.9. The summed E-state index contributed by atoms with van der Waals surface area (Å²) in [6.45, 7) is 0. The van der Waals surface area contributed by atoms with E-state index in [9.17, 15) is 4.79 Å². The minimum Gasteiger partial charge on any atom is -0.496 e. The fraction of sp³-hybridized carbons (Fsp3) is 0.154. The molecular formula is C13H13ClN2O2. The van der Waals surface area contributed by atoms with Crippen molar-refractivity contribution in [1.29, 1.82) is 0 Å². The van der Waals surface area contributed by atoms with Crippen LogP contribution in [0, 0.1) is 0 Å². The van der Waals surface area contributed by atoms with Crippen molar-refractivity contribution in [2.75, 3.05) is 12.8 Å². The number of ether oxygens (including phenoxy) is 1. The second kappa shape index (κ2) is 4.74. The molecule has 0 bridgehead atoms. The van der Waals surface area contributed by atoms with Crippen LogP contribution in [0.4, 0.5) is 5.82 Å². The normalized spacial score (nSPS) is 10.4. The molecule has 0 spiro atoms. The van der Waals surface area contributed by atoms with E-state index in [2.05, 4.69) is 0 Å². The molecule has 0 saturated carbocycles. The molecule has 1 heterocycles. The molecule has 0 aliphatic carbocycles. The topological polar surface area (TPSA) is 57.2 Å². The molecule has 2 aromatic rings. The summed E-state index contributed by atoms with van der Waals surface area (Å²) in [5, 5.41) is 0.574. The Labute approximate surface area is 110 Å². The predicted octanol–water partition coefficient (Wildman–Crippen LogP) is 2.30. The molecule has 18 heavy (non-hydrogen) atoms. The van der Waals surface area contributed by atoms with Gasteiger partial charge in [-0.1, -0.05) is 11.6 Å². The van der Waals surface area contributed by atoms with Gasteiger partial charge in [-0.2, -0.15) is 0 Å². The van der Waals surface area contributed by atoms with Crippen molar-refractivity contribution in [3.63, 3.8) is 0 Å². The number of nitrogens with zero attached hydrogens (tertiary/aromatic N) is 1. The number of aromatic nitrogens is 1. The van der Waals surface area contributed by atoms with E-state index in [4.69, 9.17) is 22.1 Å². The van der Waals surface area contributed by atoms with Crippen molar-refractivity contribution in [2.45, 2.75) is 0 Å². The zero-order chi connectivity index (χ0) is 13.3. The molecule has 0 saturated heterocycles. The van der Waals surface area contributed by atoms with Gasteiger partial charge in [0.25, 0.3) is 5.56 Å². The van der Waals surface area contributed by atoms with Gasteiger partial charge in [0.2, 0.25) is 0 Å². The van der Waals surface area contributed by atoms with E-state index in [-0.39, 0.29) is 5.56 Å². The third-order valence-electron chi connectivity index (χ3n) is 2.77. The van der Waals surface area contributed by atoms with Gasteiger partial charge in [-0.15, -0.1) is 0 Å². The SMILES string of the molecule is COc1ccc(Cl)cc1-c1cc(N)n(C)c(=O)c1. The first-order valence-electron chi connectivity index (χ1n) is 5.33. The maximum Gasteiger partial charge on any atom is 0.252 e. The van der Waals surface area contributed by atoms with E-state index in [0.717, 1.165) is 5.56 Å². The molecular weight excluding hydrogens is 252 g/mol. The minimum atomic E-state index is -0.174. The summed E-state index contributed by atoms with van der Waals surface area (Å²) in [7, 11) is 3.19. The highest BCUT2D eigenvalue weighted by molar-refractivity contribution is 6.31. The lowest BCUT2D eigenvalue weighted by molar-refractivity contribution is 0.416. The number of nitrogen functional groups attached to an aromatic ring is 1. The van der Waals surface area contributed by atoms with Gasteiger partial charge in [-0.25, -0.2) is 0 Å². The van der Waals surface area contributed by atoms with E-state index >= 15 is 0 Å². The fourth-order valence-corrected chi connectivity index (χ4v) is 1.89. The highest BCUT2D eigenvalue weighted by atomic mass is 35.5. The first-order valence-corrected chi connectivity index (χ1v) is 5.71. The second-order valence-corrected chi connectivity index (χ2v) is 4.35. The van der Waals surface area contributed by atoms with Crippen molar-refractivity contribution in [2.24, 2.45) is 7.05 Å². The highest BCUT2D eigenvalue weighted by Crippen LogP contribution is 2.32. The number of hydrogen-bond acceptors (Lipinski definition) is 3. The van der Waals surface area contributed by atoms with Crippen molar-refractivity contribution in [1.82, 2.24) is 4.57 Å². The third kappa shape index (κ3) is 2.19. The Morgan fingerprint density at radius 3 is 2.61 bits per heavy atom. The summed E-state index contributed by atoms with van der Waals surface area (Å²) in [5.74, 6) is 1.03. The Balaban J connectivity index is 2.69. The molecule has 94 valence electrons. The summed E-state index contributed by atoms with van der Waals surface area (Å²) in [6, 6.07) is 8.45. The fourth-order valence-electron chi connectivity index (χ4n) is 1.72. The zero-order valence-electron chi connectivity index (χ0n) is 10.1. The molecule has 1 aromatic carbocycles. The van der Waals surface area contributed by atoms with Crippen LogP contribution in [-0.2, 0) is 7.05 Å². The maximum absolute atomic E-state index is 11.7. The summed E-state index contributed by atoms with van der Waals surface area (Å²) in [4.78, 5) is 11.7. The van der Waals surface area contributed by atoms with Crippen LogP contribution in [0.1, 0.15) is 0 Å². The second-order valence-electron chi connectivity index (χ2n) is 3.91. The minimum absolute atomic E-state index is 0.174. The van der Waals surface area contributed by atoms with Crippen LogP contribution in [0.15, 0.2) is 35.1 Å². The summed E-state index contributed by atoms with van der Waals surface area (Å²) in [5.41, 5.74) is 7.04. The summed E-state index contributed by atoms with van der Waals surface area (Å²) < 4.78 is 6.63. The lowest BCUT2D eigenvalue weighted by Gasteiger charge is -2.11. The summed E-state index contributed by atoms with van der Waals surface area (Å²) >= 11 is 5.96. The van der Waals surface area contributed by atoms with Crippen LogP contribution >= 0.6 is 11.6 Å². The molecule has 0 atom stereocenters. The first-order chi connectivity index (χ1) is 8.52. The van der Waals surface area contributed by atoms with Crippen LogP contribution in [0.3, 0.4) is 0 Å². The van der Waals surface area contributed by atoms with Gasteiger partial charge in [-0.05, 0) is 29.8 Å². The Morgan fingerprint density at radius 1 is 1.28 bits per heavy atom. The quantitative estimate of drug-likeness (QED) is 0.905. The highest BCUT2D eigenvalue weighted by Gasteiger charge is 2.09. The number of methoxy groups -OCH3 is 1. The number of nitrogens with two attached hydrogens (primary N) is 1. The molecule has 0 unspecified atom stereocenters. The number of benzene rings is 1. The van der Waals surface area contributed by atoms with Gasteiger partial charge in [0, 0.05) is 23.7 Å².